The number of rotatable bonds is 9. The minimum atomic E-state index is -4.52. The van der Waals surface area contributed by atoms with Gasteiger partial charge in [-0.05, 0) is 50.3 Å². The quantitative estimate of drug-likeness (QED) is 0.428. The number of hydrogen-bond acceptors (Lipinski definition) is 5. The maximum absolute atomic E-state index is 13.3. The molecule has 0 unspecified atom stereocenters. The molecule has 6 nitrogen and oxygen atoms in total. The van der Waals surface area contributed by atoms with Crippen LogP contribution >= 0.6 is 0 Å². The van der Waals surface area contributed by atoms with Gasteiger partial charge in [0.15, 0.2) is 5.78 Å². The van der Waals surface area contributed by atoms with E-state index in [9.17, 15) is 26.4 Å². The van der Waals surface area contributed by atoms with E-state index in [1.54, 1.807) is 4.31 Å². The first-order chi connectivity index (χ1) is 16.4. The van der Waals surface area contributed by atoms with Crippen molar-refractivity contribution in [1.29, 1.82) is 0 Å². The summed E-state index contributed by atoms with van der Waals surface area (Å²) in [5.41, 5.74) is -0.555. The van der Waals surface area contributed by atoms with Crippen LogP contribution < -0.4 is 4.74 Å². The fourth-order valence-corrected chi connectivity index (χ4v) is 7.16. The molecular weight excluding hydrogens is 481 g/mol. The molecule has 1 saturated heterocycles. The lowest BCUT2D eigenvalue weighted by molar-refractivity contribution is -0.137. The SMILES string of the molecule is CCCS(=O)(=O)N1CCN(C2(CCC(=O)c3c(C)cc(C(F)(F)F)cc3OC)CCCCC2)CC1. The molecule has 0 radical (unpaired) electrons. The van der Waals surface area contributed by atoms with E-state index in [4.69, 9.17) is 4.74 Å². The van der Waals surface area contributed by atoms with Gasteiger partial charge in [-0.25, -0.2) is 8.42 Å². The summed E-state index contributed by atoms with van der Waals surface area (Å²) >= 11 is 0. The number of piperazine rings is 1. The molecule has 1 aliphatic heterocycles. The molecule has 1 aliphatic carbocycles. The Hall–Kier alpha value is -1.65. The van der Waals surface area contributed by atoms with Crippen LogP contribution in [0.25, 0.3) is 0 Å². The van der Waals surface area contributed by atoms with Gasteiger partial charge in [0.2, 0.25) is 10.0 Å². The normalized spacial score (nSPS) is 20.1. The molecule has 0 atom stereocenters. The lowest BCUT2D eigenvalue weighted by Crippen LogP contribution is -2.58. The Bertz CT molecular complexity index is 997. The third-order valence-corrected chi connectivity index (χ3v) is 9.57. The zero-order valence-electron chi connectivity index (χ0n) is 20.9. The van der Waals surface area contributed by atoms with Gasteiger partial charge in [0, 0.05) is 38.1 Å². The van der Waals surface area contributed by atoms with Crippen molar-refractivity contribution >= 4 is 15.8 Å². The average Bonchev–Trinajstić information content (AvgIpc) is 2.82. The average molecular weight is 519 g/mol. The Labute approximate surface area is 206 Å². The Kier molecular flexibility index (Phi) is 8.91. The molecule has 3 rings (SSSR count). The molecule has 1 aromatic carbocycles. The molecule has 35 heavy (non-hydrogen) atoms. The molecular formula is C25H37F3N2O4S. The fraction of sp³-hybridized carbons (Fsp3) is 0.720. The number of benzene rings is 1. The molecule has 198 valence electrons. The Morgan fingerprint density at radius 3 is 2.26 bits per heavy atom. The van der Waals surface area contributed by atoms with Crippen LogP contribution in [0.5, 0.6) is 5.75 Å². The first-order valence-corrected chi connectivity index (χ1v) is 14.1. The van der Waals surface area contributed by atoms with Gasteiger partial charge in [-0.3, -0.25) is 9.69 Å². The van der Waals surface area contributed by atoms with Gasteiger partial charge >= 0.3 is 6.18 Å². The second-order valence-electron chi connectivity index (χ2n) is 9.78. The van der Waals surface area contributed by atoms with E-state index in [1.807, 2.05) is 6.92 Å². The van der Waals surface area contributed by atoms with E-state index in [2.05, 4.69) is 4.90 Å². The molecule has 0 N–H and O–H groups in total. The van der Waals surface area contributed by atoms with Crippen LogP contribution in [0, 0.1) is 6.92 Å². The van der Waals surface area contributed by atoms with Crippen LogP contribution in [0.2, 0.25) is 0 Å². The summed E-state index contributed by atoms with van der Waals surface area (Å²) in [7, 11) is -1.96. The minimum Gasteiger partial charge on any atom is -0.496 e. The second-order valence-corrected chi connectivity index (χ2v) is 11.9. The van der Waals surface area contributed by atoms with Gasteiger partial charge in [0.05, 0.1) is 24.0 Å². The van der Waals surface area contributed by atoms with E-state index in [1.165, 1.54) is 14.0 Å². The van der Waals surface area contributed by atoms with Crippen molar-refractivity contribution in [2.24, 2.45) is 0 Å². The standard InChI is InChI=1S/C25H37F3N2O4S/c1-4-16-35(32,33)30-14-12-29(13-15-30)24(9-6-5-7-10-24)11-8-21(31)23-19(2)17-20(25(26,27)28)18-22(23)34-3/h17-18H,4-16H2,1-3H3. The van der Waals surface area contributed by atoms with Gasteiger partial charge < -0.3 is 4.74 Å². The number of carbonyl (C=O) groups excluding carboxylic acids is 1. The molecule has 0 bridgehead atoms. The lowest BCUT2D eigenvalue weighted by Gasteiger charge is -2.50. The minimum absolute atomic E-state index is 0.0465. The number of halogens is 3. The van der Waals surface area contributed by atoms with Gasteiger partial charge in [0.1, 0.15) is 5.75 Å². The number of alkyl halides is 3. The molecule has 1 heterocycles. The van der Waals surface area contributed by atoms with Gasteiger partial charge in [-0.2, -0.15) is 17.5 Å². The summed E-state index contributed by atoms with van der Waals surface area (Å²) < 4.78 is 71.4. The number of Topliss-reactive ketones (excluding diaryl/α,β-unsaturated/α-hetero) is 1. The zero-order chi connectivity index (χ0) is 25.9. The summed E-state index contributed by atoms with van der Waals surface area (Å²) in [6.07, 6.45) is 1.97. The van der Waals surface area contributed by atoms with E-state index in [0.29, 0.717) is 39.0 Å². The monoisotopic (exact) mass is 518 g/mol. The number of nitrogens with zero attached hydrogens (tertiary/aromatic N) is 2. The topological polar surface area (TPSA) is 66.9 Å². The number of ether oxygens (including phenoxy) is 1. The van der Waals surface area contributed by atoms with Crippen LogP contribution in [0.3, 0.4) is 0 Å². The van der Waals surface area contributed by atoms with Crippen molar-refractivity contribution in [2.75, 3.05) is 39.0 Å². The Morgan fingerprint density at radius 2 is 1.71 bits per heavy atom. The predicted octanol–water partition coefficient (Wildman–Crippen LogP) is 5.05. The van der Waals surface area contributed by atoms with E-state index in [-0.39, 0.29) is 40.4 Å². The van der Waals surface area contributed by atoms with Crippen molar-refractivity contribution in [3.05, 3.63) is 28.8 Å². The molecule has 10 heteroatoms. The van der Waals surface area contributed by atoms with Gasteiger partial charge in [-0.15, -0.1) is 0 Å². The van der Waals surface area contributed by atoms with E-state index < -0.39 is 21.8 Å². The first-order valence-electron chi connectivity index (χ1n) is 12.5. The first kappa shape index (κ1) is 27.9. The van der Waals surface area contributed by atoms with Crippen molar-refractivity contribution in [3.63, 3.8) is 0 Å². The van der Waals surface area contributed by atoms with Gasteiger partial charge in [0.25, 0.3) is 0 Å². The van der Waals surface area contributed by atoms with Crippen molar-refractivity contribution in [2.45, 2.75) is 76.9 Å². The predicted molar refractivity (Wildman–Crippen MR) is 129 cm³/mol. The third kappa shape index (κ3) is 6.38. The van der Waals surface area contributed by atoms with Crippen molar-refractivity contribution in [3.8, 4) is 5.75 Å². The second kappa shape index (κ2) is 11.2. The van der Waals surface area contributed by atoms with Crippen LogP contribution in [-0.4, -0.2) is 68.0 Å². The molecule has 0 amide bonds. The van der Waals surface area contributed by atoms with Crippen molar-refractivity contribution < 1.29 is 31.1 Å². The fourth-order valence-electron chi connectivity index (χ4n) is 5.67. The lowest BCUT2D eigenvalue weighted by atomic mass is 9.76. The molecule has 2 fully saturated rings. The maximum Gasteiger partial charge on any atom is 0.416 e. The maximum atomic E-state index is 13.3. The van der Waals surface area contributed by atoms with Crippen LogP contribution in [-0.2, 0) is 16.2 Å². The number of carbonyl (C=O) groups is 1. The molecule has 1 saturated carbocycles. The molecule has 2 aliphatic rings. The number of methoxy groups -OCH3 is 1. The van der Waals surface area contributed by atoms with E-state index in [0.717, 1.165) is 44.2 Å². The van der Waals surface area contributed by atoms with Crippen LogP contribution in [0.1, 0.15) is 79.8 Å². The van der Waals surface area contributed by atoms with Crippen molar-refractivity contribution in [1.82, 2.24) is 9.21 Å². The van der Waals surface area contributed by atoms with Gasteiger partial charge in [-0.1, -0.05) is 26.2 Å². The molecule has 1 aromatic rings. The molecule has 0 spiro atoms. The highest BCUT2D eigenvalue weighted by Gasteiger charge is 2.41. The van der Waals surface area contributed by atoms with E-state index >= 15 is 0 Å². The highest BCUT2D eigenvalue weighted by molar-refractivity contribution is 7.89. The zero-order valence-corrected chi connectivity index (χ0v) is 21.7. The largest absolute Gasteiger partial charge is 0.496 e. The number of ketones is 1. The number of hydrogen-bond donors (Lipinski definition) is 0. The highest BCUT2D eigenvalue weighted by atomic mass is 32.2. The third-order valence-electron chi connectivity index (χ3n) is 7.49. The summed E-state index contributed by atoms with van der Waals surface area (Å²) in [5.74, 6) is -0.113. The Balaban J connectivity index is 1.75. The molecule has 0 aromatic heterocycles. The van der Waals surface area contributed by atoms with Crippen LogP contribution in [0.4, 0.5) is 13.2 Å². The highest BCUT2D eigenvalue weighted by Crippen LogP contribution is 2.40. The smallest absolute Gasteiger partial charge is 0.416 e. The number of sulfonamides is 1. The summed E-state index contributed by atoms with van der Waals surface area (Å²) in [6.45, 7) is 5.51. The van der Waals surface area contributed by atoms with Crippen LogP contribution in [0.15, 0.2) is 12.1 Å². The summed E-state index contributed by atoms with van der Waals surface area (Å²) in [6, 6.07) is 1.90. The number of aryl methyl sites for hydroxylation is 1. The Morgan fingerprint density at radius 1 is 1.09 bits per heavy atom. The summed E-state index contributed by atoms with van der Waals surface area (Å²) in [4.78, 5) is 15.6. The summed E-state index contributed by atoms with van der Waals surface area (Å²) in [5, 5.41) is 0.